The highest BCUT2D eigenvalue weighted by molar-refractivity contribution is 6.32. The van der Waals surface area contributed by atoms with Gasteiger partial charge in [0.15, 0.2) is 6.10 Å². The van der Waals surface area contributed by atoms with E-state index in [1.807, 2.05) is 37.3 Å². The van der Waals surface area contributed by atoms with Gasteiger partial charge >= 0.3 is 5.97 Å². The molecule has 0 aliphatic rings. The van der Waals surface area contributed by atoms with E-state index in [0.717, 1.165) is 11.1 Å². The monoisotopic (exact) mass is 518 g/mol. The van der Waals surface area contributed by atoms with Crippen molar-refractivity contribution in [2.24, 2.45) is 7.05 Å². The van der Waals surface area contributed by atoms with Crippen molar-refractivity contribution in [3.63, 3.8) is 0 Å². The molecule has 7 nitrogen and oxygen atoms in total. The maximum atomic E-state index is 13.6. The maximum absolute atomic E-state index is 13.6. The van der Waals surface area contributed by atoms with Crippen LogP contribution < -0.4 is 15.6 Å². The topological polar surface area (TPSA) is 86.6 Å². The summed E-state index contributed by atoms with van der Waals surface area (Å²) in [5.41, 5.74) is 2.57. The second-order valence-electron chi connectivity index (χ2n) is 8.64. The number of nitrogens with zero attached hydrogens (tertiary/aromatic N) is 1. The summed E-state index contributed by atoms with van der Waals surface area (Å²) in [5, 5.41) is 4.17. The Morgan fingerprint density at radius 1 is 1.03 bits per heavy atom. The molecule has 1 heterocycles. The number of rotatable bonds is 7. The fourth-order valence-corrected chi connectivity index (χ4v) is 4.45. The Kier molecular flexibility index (Phi) is 7.64. The van der Waals surface area contributed by atoms with E-state index in [2.05, 4.69) is 5.32 Å². The molecule has 1 N–H and O–H groups in total. The van der Waals surface area contributed by atoms with Gasteiger partial charge in [-0.3, -0.25) is 9.59 Å². The summed E-state index contributed by atoms with van der Waals surface area (Å²) in [6.07, 6.45) is -0.871. The number of halogens is 1. The fraction of sp³-hybridized carbons (Fsp3) is 0.207. The molecule has 4 rings (SSSR count). The lowest BCUT2D eigenvalue weighted by Crippen LogP contribution is -2.34. The lowest BCUT2D eigenvalue weighted by atomic mass is 9.96. The highest BCUT2D eigenvalue weighted by atomic mass is 35.5. The molecule has 0 spiro atoms. The fourth-order valence-electron chi connectivity index (χ4n) is 4.19. The Bertz CT molecular complexity index is 1540. The van der Waals surface area contributed by atoms with Crippen molar-refractivity contribution in [1.82, 2.24) is 4.57 Å². The molecule has 0 aliphatic carbocycles. The number of aryl methyl sites for hydroxylation is 1. The van der Waals surface area contributed by atoms with Crippen LogP contribution in [0.5, 0.6) is 5.75 Å². The first kappa shape index (κ1) is 26.0. The van der Waals surface area contributed by atoms with Crippen LogP contribution in [0.25, 0.3) is 21.9 Å². The zero-order valence-corrected chi connectivity index (χ0v) is 21.8. The highest BCUT2D eigenvalue weighted by Gasteiger charge is 2.28. The van der Waals surface area contributed by atoms with Gasteiger partial charge in [0.2, 0.25) is 0 Å². The van der Waals surface area contributed by atoms with Crippen LogP contribution in [0, 0.1) is 6.92 Å². The third-order valence-corrected chi connectivity index (χ3v) is 6.46. The van der Waals surface area contributed by atoms with Gasteiger partial charge in [0.25, 0.3) is 11.5 Å². The van der Waals surface area contributed by atoms with E-state index in [4.69, 9.17) is 21.1 Å². The summed E-state index contributed by atoms with van der Waals surface area (Å²) in [7, 11) is 3.03. The van der Waals surface area contributed by atoms with Gasteiger partial charge in [0.05, 0.1) is 12.1 Å². The number of amides is 1. The molecule has 0 radical (unpaired) electrons. The minimum atomic E-state index is -1.10. The predicted molar refractivity (Wildman–Crippen MR) is 145 cm³/mol. The van der Waals surface area contributed by atoms with Gasteiger partial charge in [-0.1, -0.05) is 66.6 Å². The van der Waals surface area contributed by atoms with E-state index in [0.29, 0.717) is 32.8 Å². The van der Waals surface area contributed by atoms with E-state index in [9.17, 15) is 14.4 Å². The van der Waals surface area contributed by atoms with Gasteiger partial charge in [-0.2, -0.15) is 0 Å². The molecule has 4 aromatic rings. The molecule has 190 valence electrons. The number of nitrogens with one attached hydrogen (secondary N) is 1. The molecular weight excluding hydrogens is 492 g/mol. The summed E-state index contributed by atoms with van der Waals surface area (Å²) < 4.78 is 12.1. The SMILES string of the molecule is CCC(OC(=O)c1c(-c2ccc(C)cc2)c2ccccc2c(=O)n1C)C(=O)Nc1ccc(OC)c(Cl)c1. The van der Waals surface area contributed by atoms with Crippen LogP contribution in [0.2, 0.25) is 5.02 Å². The third-order valence-electron chi connectivity index (χ3n) is 6.17. The average molecular weight is 519 g/mol. The minimum Gasteiger partial charge on any atom is -0.495 e. The van der Waals surface area contributed by atoms with Crippen molar-refractivity contribution in [3.8, 4) is 16.9 Å². The molecule has 8 heteroatoms. The van der Waals surface area contributed by atoms with Crippen molar-refractivity contribution >= 4 is 39.9 Å². The van der Waals surface area contributed by atoms with Crippen LogP contribution in [0.3, 0.4) is 0 Å². The van der Waals surface area contributed by atoms with E-state index in [-0.39, 0.29) is 17.7 Å². The number of hydrogen-bond donors (Lipinski definition) is 1. The normalized spacial score (nSPS) is 11.7. The largest absolute Gasteiger partial charge is 0.495 e. The molecule has 1 atom stereocenters. The number of ether oxygens (including phenoxy) is 2. The smallest absolute Gasteiger partial charge is 0.356 e. The Labute approximate surface area is 219 Å². The number of fused-ring (bicyclic) bond motifs is 1. The molecular formula is C29H27ClN2O5. The molecule has 0 saturated carbocycles. The van der Waals surface area contributed by atoms with Gasteiger partial charge in [0, 0.05) is 23.7 Å². The molecule has 1 unspecified atom stereocenters. The lowest BCUT2D eigenvalue weighted by molar-refractivity contribution is -0.124. The minimum absolute atomic E-state index is 0.0753. The van der Waals surface area contributed by atoms with Crippen molar-refractivity contribution in [3.05, 3.63) is 93.4 Å². The number of esters is 1. The van der Waals surface area contributed by atoms with Crippen LogP contribution >= 0.6 is 11.6 Å². The molecule has 0 saturated heterocycles. The van der Waals surface area contributed by atoms with Gasteiger partial charge in [-0.05, 0) is 48.6 Å². The quantitative estimate of drug-likeness (QED) is 0.315. The van der Waals surface area contributed by atoms with Gasteiger partial charge in [-0.15, -0.1) is 0 Å². The zero-order valence-electron chi connectivity index (χ0n) is 21.0. The summed E-state index contributed by atoms with van der Waals surface area (Å²) in [6.45, 7) is 3.71. The predicted octanol–water partition coefficient (Wildman–Crippen LogP) is 5.75. The molecule has 0 bridgehead atoms. The van der Waals surface area contributed by atoms with Crippen molar-refractivity contribution in [1.29, 1.82) is 0 Å². The summed E-state index contributed by atoms with van der Waals surface area (Å²) in [6, 6.07) is 19.6. The Hall–Kier alpha value is -4.10. The Morgan fingerprint density at radius 3 is 2.32 bits per heavy atom. The van der Waals surface area contributed by atoms with Gasteiger partial charge in [-0.25, -0.2) is 4.79 Å². The summed E-state index contributed by atoms with van der Waals surface area (Å²) in [5.74, 6) is -0.811. The molecule has 3 aromatic carbocycles. The molecule has 0 aliphatic heterocycles. The Morgan fingerprint density at radius 2 is 1.70 bits per heavy atom. The number of carbonyl (C=O) groups is 2. The second kappa shape index (κ2) is 10.9. The summed E-state index contributed by atoms with van der Waals surface area (Å²) in [4.78, 5) is 39.7. The average Bonchev–Trinajstić information content (AvgIpc) is 2.89. The van der Waals surface area contributed by atoms with E-state index < -0.39 is 18.0 Å². The van der Waals surface area contributed by atoms with E-state index in [1.54, 1.807) is 43.3 Å². The van der Waals surface area contributed by atoms with Crippen LogP contribution in [-0.2, 0) is 16.6 Å². The molecule has 1 aromatic heterocycles. The summed E-state index contributed by atoms with van der Waals surface area (Å²) >= 11 is 6.16. The second-order valence-corrected chi connectivity index (χ2v) is 9.05. The van der Waals surface area contributed by atoms with Gasteiger partial charge < -0.3 is 19.4 Å². The van der Waals surface area contributed by atoms with Crippen LogP contribution in [0.15, 0.2) is 71.5 Å². The van der Waals surface area contributed by atoms with Gasteiger partial charge in [0.1, 0.15) is 11.4 Å². The highest BCUT2D eigenvalue weighted by Crippen LogP contribution is 2.32. The number of anilines is 1. The number of carbonyl (C=O) groups excluding carboxylic acids is 2. The lowest BCUT2D eigenvalue weighted by Gasteiger charge is -2.20. The maximum Gasteiger partial charge on any atom is 0.356 e. The first-order valence-corrected chi connectivity index (χ1v) is 12.2. The van der Waals surface area contributed by atoms with Crippen molar-refractivity contribution < 1.29 is 19.1 Å². The zero-order chi connectivity index (χ0) is 26.7. The van der Waals surface area contributed by atoms with Crippen molar-refractivity contribution in [2.45, 2.75) is 26.4 Å². The third kappa shape index (κ3) is 5.22. The van der Waals surface area contributed by atoms with Crippen LogP contribution in [0.4, 0.5) is 5.69 Å². The van der Waals surface area contributed by atoms with Crippen LogP contribution in [0.1, 0.15) is 29.4 Å². The number of benzene rings is 3. The first-order chi connectivity index (χ1) is 17.7. The molecule has 0 fully saturated rings. The standard InChI is InChI=1S/C29H27ClN2O5/c1-5-23(27(33)31-19-14-15-24(36-4)22(30)16-19)37-29(35)26-25(18-12-10-17(2)11-13-18)20-8-6-7-9-21(20)28(34)32(26)3/h6-16,23H,5H2,1-4H3,(H,31,33). The molecule has 37 heavy (non-hydrogen) atoms. The number of pyridine rings is 1. The van der Waals surface area contributed by atoms with Crippen LogP contribution in [-0.4, -0.2) is 29.7 Å². The first-order valence-electron chi connectivity index (χ1n) is 11.8. The van der Waals surface area contributed by atoms with Crippen molar-refractivity contribution in [2.75, 3.05) is 12.4 Å². The number of hydrogen-bond acceptors (Lipinski definition) is 5. The Balaban J connectivity index is 1.72. The number of methoxy groups -OCH3 is 1. The number of aromatic nitrogens is 1. The molecule has 1 amide bonds. The van der Waals surface area contributed by atoms with E-state index in [1.165, 1.54) is 18.7 Å². The van der Waals surface area contributed by atoms with E-state index >= 15 is 0 Å².